The monoisotopic (exact) mass is 643 g/mol. The molecule has 0 aliphatic rings. The van der Waals surface area contributed by atoms with E-state index in [9.17, 15) is 26.8 Å². The SMILES string of the molecule is CCOC(=O)n1nc(NC(=O)c2ccc(CCN(C)C)cc2N[C@@H](C)COC)c2cc(S(=O)(=O)c3cc(F)cc(F)c3)ccc21. The van der Waals surface area contributed by atoms with Crippen molar-refractivity contribution >= 4 is 44.2 Å². The third-order valence-corrected chi connectivity index (χ3v) is 8.51. The molecule has 0 radical (unpaired) electrons. The number of amides is 1. The molecule has 45 heavy (non-hydrogen) atoms. The van der Waals surface area contributed by atoms with E-state index in [0.29, 0.717) is 30.5 Å². The fraction of sp³-hybridized carbons (Fsp3) is 0.323. The van der Waals surface area contributed by atoms with Crippen LogP contribution in [0.4, 0.5) is 25.1 Å². The van der Waals surface area contributed by atoms with Crippen molar-refractivity contribution in [1.82, 2.24) is 14.7 Å². The second-order valence-corrected chi connectivity index (χ2v) is 12.6. The number of carbonyl (C=O) groups is 2. The van der Waals surface area contributed by atoms with Gasteiger partial charge in [-0.25, -0.2) is 22.0 Å². The Morgan fingerprint density at radius 2 is 1.73 bits per heavy atom. The smallest absolute Gasteiger partial charge is 0.435 e. The number of carbonyl (C=O) groups excluding carboxylic acids is 2. The molecule has 0 fully saturated rings. The number of methoxy groups -OCH3 is 1. The topological polar surface area (TPSA) is 132 Å². The largest absolute Gasteiger partial charge is 0.448 e. The molecule has 240 valence electrons. The standard InChI is InChI=1S/C31H35F2N5O6S/c1-6-44-31(40)38-28-10-8-23(45(41,42)24-15-21(32)14-22(33)16-24)17-26(28)29(36-38)35-30(39)25-9-7-20(11-12-37(3)4)13-27(25)34-19(2)18-43-5/h7-10,13-17,19,34H,6,11-12,18H2,1-5H3,(H,35,36,39)/t19-/m0/s1. The van der Waals surface area contributed by atoms with Crippen molar-refractivity contribution in [2.45, 2.75) is 36.1 Å². The summed E-state index contributed by atoms with van der Waals surface area (Å²) >= 11 is 0. The minimum atomic E-state index is -4.41. The Labute approximate surface area is 260 Å². The number of ether oxygens (including phenoxy) is 2. The number of aromatic nitrogens is 2. The normalized spacial score (nSPS) is 12.4. The Morgan fingerprint density at radius 3 is 2.38 bits per heavy atom. The van der Waals surface area contributed by atoms with Crippen molar-refractivity contribution in [2.75, 3.05) is 51.6 Å². The van der Waals surface area contributed by atoms with Gasteiger partial charge < -0.3 is 25.0 Å². The summed E-state index contributed by atoms with van der Waals surface area (Å²) in [6.07, 6.45) is -0.115. The van der Waals surface area contributed by atoms with E-state index in [-0.39, 0.29) is 39.8 Å². The molecule has 4 aromatic rings. The summed E-state index contributed by atoms with van der Waals surface area (Å²) in [5.74, 6) is -2.83. The summed E-state index contributed by atoms with van der Waals surface area (Å²) in [5, 5.41) is 10.3. The Balaban J connectivity index is 1.79. The van der Waals surface area contributed by atoms with Crippen LogP contribution in [0.5, 0.6) is 0 Å². The van der Waals surface area contributed by atoms with Crippen molar-refractivity contribution in [3.8, 4) is 0 Å². The van der Waals surface area contributed by atoms with E-state index < -0.39 is 38.4 Å². The fourth-order valence-corrected chi connectivity index (χ4v) is 5.98. The molecule has 4 rings (SSSR count). The van der Waals surface area contributed by atoms with Crippen LogP contribution in [-0.4, -0.2) is 82.1 Å². The zero-order valence-corrected chi connectivity index (χ0v) is 26.4. The van der Waals surface area contributed by atoms with Crippen LogP contribution in [0.2, 0.25) is 0 Å². The van der Waals surface area contributed by atoms with Crippen molar-refractivity contribution in [3.63, 3.8) is 0 Å². The molecule has 1 amide bonds. The fourth-order valence-electron chi connectivity index (χ4n) is 4.65. The number of hydrogen-bond acceptors (Lipinski definition) is 9. The summed E-state index contributed by atoms with van der Waals surface area (Å²) in [4.78, 5) is 27.6. The summed E-state index contributed by atoms with van der Waals surface area (Å²) in [7, 11) is 1.10. The molecule has 2 N–H and O–H groups in total. The number of halogens is 2. The van der Waals surface area contributed by atoms with Gasteiger partial charge in [-0.2, -0.15) is 4.68 Å². The highest BCUT2D eigenvalue weighted by atomic mass is 32.2. The molecule has 14 heteroatoms. The lowest BCUT2D eigenvalue weighted by molar-refractivity contribution is 0.102. The van der Waals surface area contributed by atoms with Gasteiger partial charge in [-0.05, 0) is 82.4 Å². The predicted octanol–water partition coefficient (Wildman–Crippen LogP) is 4.96. The van der Waals surface area contributed by atoms with Gasteiger partial charge in [-0.15, -0.1) is 5.10 Å². The third kappa shape index (κ3) is 7.82. The molecule has 0 saturated heterocycles. The van der Waals surface area contributed by atoms with Gasteiger partial charge in [0.1, 0.15) is 11.6 Å². The second-order valence-electron chi connectivity index (χ2n) is 10.6. The summed E-state index contributed by atoms with van der Waals surface area (Å²) in [6, 6.07) is 10.9. The zero-order valence-electron chi connectivity index (χ0n) is 25.6. The van der Waals surface area contributed by atoms with Crippen molar-refractivity contribution in [2.24, 2.45) is 0 Å². The first-order chi connectivity index (χ1) is 21.3. The average molecular weight is 644 g/mol. The summed E-state index contributed by atoms with van der Waals surface area (Å²) in [5.41, 5.74) is 1.94. The summed E-state index contributed by atoms with van der Waals surface area (Å²) < 4.78 is 65.7. The van der Waals surface area contributed by atoms with Gasteiger partial charge >= 0.3 is 6.09 Å². The van der Waals surface area contributed by atoms with Crippen LogP contribution in [0.25, 0.3) is 10.9 Å². The van der Waals surface area contributed by atoms with Crippen LogP contribution < -0.4 is 10.6 Å². The molecular weight excluding hydrogens is 608 g/mol. The molecule has 0 saturated carbocycles. The number of hydrogen-bond donors (Lipinski definition) is 2. The van der Waals surface area contributed by atoms with Gasteiger partial charge in [0.2, 0.25) is 9.84 Å². The molecule has 3 aromatic carbocycles. The summed E-state index contributed by atoms with van der Waals surface area (Å²) in [6.45, 7) is 4.72. The number of benzene rings is 3. The Morgan fingerprint density at radius 1 is 1.02 bits per heavy atom. The van der Waals surface area contributed by atoms with Crippen molar-refractivity contribution in [1.29, 1.82) is 0 Å². The number of anilines is 2. The highest BCUT2D eigenvalue weighted by Gasteiger charge is 2.25. The van der Waals surface area contributed by atoms with Gasteiger partial charge in [0.05, 0.1) is 34.1 Å². The number of fused-ring (bicyclic) bond motifs is 1. The quantitative estimate of drug-likeness (QED) is 0.220. The Bertz CT molecular complexity index is 1810. The predicted molar refractivity (Wildman–Crippen MR) is 166 cm³/mol. The average Bonchev–Trinajstić information content (AvgIpc) is 3.33. The number of sulfone groups is 1. The first-order valence-corrected chi connectivity index (χ1v) is 15.6. The van der Waals surface area contributed by atoms with Crippen LogP contribution >= 0.6 is 0 Å². The van der Waals surface area contributed by atoms with Crippen molar-refractivity contribution in [3.05, 3.63) is 77.4 Å². The molecule has 0 aliphatic carbocycles. The van der Waals surface area contributed by atoms with Gasteiger partial charge in [0.15, 0.2) is 5.82 Å². The Kier molecular flexibility index (Phi) is 10.5. The molecule has 0 unspecified atom stereocenters. The third-order valence-electron chi connectivity index (χ3n) is 6.78. The van der Waals surface area contributed by atoms with Crippen LogP contribution in [-0.2, 0) is 25.7 Å². The molecule has 1 aromatic heterocycles. The lowest BCUT2D eigenvalue weighted by atomic mass is 10.0. The van der Waals surface area contributed by atoms with Crippen LogP contribution in [0, 0.1) is 11.6 Å². The first-order valence-electron chi connectivity index (χ1n) is 14.1. The van der Waals surface area contributed by atoms with Crippen LogP contribution in [0.3, 0.4) is 0 Å². The molecule has 0 bridgehead atoms. The Hall–Kier alpha value is -4.40. The lowest BCUT2D eigenvalue weighted by Gasteiger charge is -2.19. The van der Waals surface area contributed by atoms with E-state index in [1.165, 1.54) is 18.2 Å². The van der Waals surface area contributed by atoms with Crippen molar-refractivity contribution < 1.29 is 36.3 Å². The minimum Gasteiger partial charge on any atom is -0.448 e. The number of nitrogens with one attached hydrogen (secondary N) is 2. The van der Waals surface area contributed by atoms with Gasteiger partial charge in [0, 0.05) is 36.8 Å². The van der Waals surface area contributed by atoms with E-state index >= 15 is 0 Å². The highest BCUT2D eigenvalue weighted by molar-refractivity contribution is 7.91. The van der Waals surface area contributed by atoms with Gasteiger partial charge in [-0.3, -0.25) is 4.79 Å². The van der Waals surface area contributed by atoms with Gasteiger partial charge in [-0.1, -0.05) is 6.07 Å². The van der Waals surface area contributed by atoms with E-state index in [2.05, 4.69) is 15.7 Å². The van der Waals surface area contributed by atoms with E-state index in [4.69, 9.17) is 9.47 Å². The van der Waals surface area contributed by atoms with E-state index in [0.717, 1.165) is 23.2 Å². The van der Waals surface area contributed by atoms with E-state index in [1.807, 2.05) is 38.1 Å². The molecular formula is C31H35F2N5O6S. The van der Waals surface area contributed by atoms with Crippen LogP contribution in [0.1, 0.15) is 29.8 Å². The first kappa shape index (κ1) is 33.5. The zero-order chi connectivity index (χ0) is 32.9. The number of nitrogens with zero attached hydrogens (tertiary/aromatic N) is 3. The maximum Gasteiger partial charge on any atom is 0.435 e. The lowest BCUT2D eigenvalue weighted by Crippen LogP contribution is -2.24. The molecule has 1 atom stereocenters. The van der Waals surface area contributed by atoms with Crippen LogP contribution in [0.15, 0.2) is 64.4 Å². The number of rotatable bonds is 12. The van der Waals surface area contributed by atoms with Gasteiger partial charge in [0.25, 0.3) is 5.91 Å². The minimum absolute atomic E-state index is 0.0360. The molecule has 0 aliphatic heterocycles. The maximum absolute atomic E-state index is 13.9. The van der Waals surface area contributed by atoms with E-state index in [1.54, 1.807) is 20.1 Å². The maximum atomic E-state index is 13.9. The molecule has 11 nitrogen and oxygen atoms in total. The number of likely N-dealkylation sites (N-methyl/N-ethyl adjacent to an activating group) is 1. The molecule has 0 spiro atoms. The highest BCUT2D eigenvalue weighted by Crippen LogP contribution is 2.31. The second kappa shape index (κ2) is 14.1. The molecule has 1 heterocycles.